The Bertz CT molecular complexity index is 732. The van der Waals surface area contributed by atoms with Gasteiger partial charge < -0.3 is 0 Å². The van der Waals surface area contributed by atoms with Crippen molar-refractivity contribution < 1.29 is 13.2 Å². The molecule has 0 spiro atoms. The van der Waals surface area contributed by atoms with Gasteiger partial charge in [0, 0.05) is 22.9 Å². The molecule has 0 unspecified atom stereocenters. The van der Waals surface area contributed by atoms with E-state index in [1.807, 2.05) is 0 Å². The molecule has 0 saturated heterocycles. The number of hydrogen-bond acceptors (Lipinski definition) is 0. The van der Waals surface area contributed by atoms with Gasteiger partial charge >= 0.3 is 0 Å². The fourth-order valence-corrected chi connectivity index (χ4v) is 1.95. The zero-order chi connectivity index (χ0) is 12.0. The van der Waals surface area contributed by atoms with Crippen LogP contribution >= 0.6 is 0 Å². The Labute approximate surface area is 95.3 Å². The molecule has 0 amide bonds. The average molecular weight is 230 g/mol. The van der Waals surface area contributed by atoms with E-state index in [1.165, 1.54) is 24.3 Å². The van der Waals surface area contributed by atoms with Crippen molar-refractivity contribution in [2.75, 3.05) is 0 Å². The van der Waals surface area contributed by atoms with Gasteiger partial charge in [-0.2, -0.15) is 0 Å². The standard InChI is InChI=1S/C14H5F3/c15-12-3-1-2-8-9-6-7-13(16)14(17)11(9)5-4-10(8)12/h1-2,4-6H. The number of fused-ring (bicyclic) bond motifs is 3. The van der Waals surface area contributed by atoms with Gasteiger partial charge in [0.1, 0.15) is 5.82 Å². The van der Waals surface area contributed by atoms with Crippen LogP contribution in [0, 0.1) is 29.6 Å². The molecule has 3 rings (SSSR count). The zero-order valence-electron chi connectivity index (χ0n) is 8.52. The van der Waals surface area contributed by atoms with E-state index in [0.29, 0.717) is 16.2 Å². The predicted molar refractivity (Wildman–Crippen MR) is 59.0 cm³/mol. The van der Waals surface area contributed by atoms with Crippen molar-refractivity contribution in [3.8, 4) is 0 Å². The van der Waals surface area contributed by atoms with Crippen molar-refractivity contribution in [3.05, 3.63) is 59.9 Å². The third kappa shape index (κ3) is 1.39. The minimum absolute atomic E-state index is 0.124. The first kappa shape index (κ1) is 10.1. The summed E-state index contributed by atoms with van der Waals surface area (Å²) in [4.78, 5) is 0. The average Bonchev–Trinajstić information content (AvgIpc) is 2.34. The maximum absolute atomic E-state index is 13.5. The molecule has 0 aliphatic heterocycles. The first-order valence-corrected chi connectivity index (χ1v) is 4.97. The van der Waals surface area contributed by atoms with E-state index in [2.05, 4.69) is 12.1 Å². The minimum atomic E-state index is -1.03. The Balaban J connectivity index is 2.58. The van der Waals surface area contributed by atoms with E-state index >= 15 is 0 Å². The van der Waals surface area contributed by atoms with Gasteiger partial charge in [0.25, 0.3) is 0 Å². The van der Waals surface area contributed by atoms with Crippen LogP contribution in [0.3, 0.4) is 0 Å². The lowest BCUT2D eigenvalue weighted by Crippen LogP contribution is -1.88. The molecule has 0 nitrogen and oxygen atoms in total. The molecule has 2 radical (unpaired) electrons. The first-order chi connectivity index (χ1) is 8.18. The van der Waals surface area contributed by atoms with Crippen molar-refractivity contribution in [1.82, 2.24) is 0 Å². The van der Waals surface area contributed by atoms with Crippen LogP contribution in [-0.4, -0.2) is 0 Å². The van der Waals surface area contributed by atoms with Crippen LogP contribution in [0.5, 0.6) is 0 Å². The highest BCUT2D eigenvalue weighted by atomic mass is 19.2. The summed E-state index contributed by atoms with van der Waals surface area (Å²) in [6.07, 6.45) is 0. The van der Waals surface area contributed by atoms with Crippen molar-refractivity contribution in [2.24, 2.45) is 0 Å². The lowest BCUT2D eigenvalue weighted by Gasteiger charge is -2.05. The molecule has 0 saturated carbocycles. The van der Waals surface area contributed by atoms with Crippen LogP contribution in [-0.2, 0) is 0 Å². The molecule has 0 heterocycles. The van der Waals surface area contributed by atoms with E-state index in [9.17, 15) is 13.2 Å². The Morgan fingerprint density at radius 3 is 2.29 bits per heavy atom. The summed E-state index contributed by atoms with van der Waals surface area (Å²) in [7, 11) is 0. The Morgan fingerprint density at radius 1 is 0.706 bits per heavy atom. The number of halogens is 3. The summed E-state index contributed by atoms with van der Waals surface area (Å²) < 4.78 is 40.0. The van der Waals surface area contributed by atoms with Crippen LogP contribution in [0.15, 0.2) is 30.3 Å². The molecule has 3 heteroatoms. The van der Waals surface area contributed by atoms with Crippen molar-refractivity contribution >= 4 is 21.5 Å². The quantitative estimate of drug-likeness (QED) is 0.512. The smallest absolute Gasteiger partial charge is 0.167 e. The lowest BCUT2D eigenvalue weighted by molar-refractivity contribution is 0.515. The largest absolute Gasteiger partial charge is 0.206 e. The molecule has 0 atom stereocenters. The number of benzene rings is 3. The van der Waals surface area contributed by atoms with Gasteiger partial charge in [-0.05, 0) is 16.8 Å². The fraction of sp³-hybridized carbons (Fsp3) is 0. The predicted octanol–water partition coefficient (Wildman–Crippen LogP) is 4.01. The van der Waals surface area contributed by atoms with E-state index in [0.717, 1.165) is 0 Å². The zero-order valence-corrected chi connectivity index (χ0v) is 8.52. The molecule has 3 aromatic rings. The number of hydrogen-bond donors (Lipinski definition) is 0. The molecule has 0 N–H and O–H groups in total. The van der Waals surface area contributed by atoms with Crippen LogP contribution in [0.25, 0.3) is 21.5 Å². The van der Waals surface area contributed by atoms with Crippen molar-refractivity contribution in [3.63, 3.8) is 0 Å². The molecule has 0 aromatic heterocycles. The minimum Gasteiger partial charge on any atom is -0.206 e. The van der Waals surface area contributed by atoms with Crippen LogP contribution in [0.2, 0.25) is 0 Å². The molecule has 82 valence electrons. The van der Waals surface area contributed by atoms with Gasteiger partial charge in [-0.1, -0.05) is 24.3 Å². The van der Waals surface area contributed by atoms with Crippen molar-refractivity contribution in [1.29, 1.82) is 0 Å². The third-order valence-corrected chi connectivity index (χ3v) is 2.76. The summed E-state index contributed by atoms with van der Waals surface area (Å²) in [5.74, 6) is -2.49. The van der Waals surface area contributed by atoms with Crippen molar-refractivity contribution in [2.45, 2.75) is 0 Å². The van der Waals surface area contributed by atoms with E-state index in [1.54, 1.807) is 6.07 Å². The van der Waals surface area contributed by atoms with Gasteiger partial charge in [-0.3, -0.25) is 0 Å². The second-order valence-corrected chi connectivity index (χ2v) is 3.70. The molecular formula is C14H5F3. The molecule has 0 aliphatic rings. The van der Waals surface area contributed by atoms with Crippen LogP contribution in [0.4, 0.5) is 13.2 Å². The Morgan fingerprint density at radius 2 is 1.47 bits per heavy atom. The van der Waals surface area contributed by atoms with Gasteiger partial charge in [0.15, 0.2) is 11.6 Å². The number of rotatable bonds is 0. The van der Waals surface area contributed by atoms with Crippen LogP contribution in [0.1, 0.15) is 0 Å². The van der Waals surface area contributed by atoms with Gasteiger partial charge in [0.2, 0.25) is 0 Å². The first-order valence-electron chi connectivity index (χ1n) is 4.97. The normalized spacial score (nSPS) is 11.2. The summed E-state index contributed by atoms with van der Waals surface area (Å²) >= 11 is 0. The maximum atomic E-state index is 13.5. The lowest BCUT2D eigenvalue weighted by atomic mass is 10.0. The topological polar surface area (TPSA) is 0 Å². The summed E-state index contributed by atoms with van der Waals surface area (Å²) in [6.45, 7) is 0. The van der Waals surface area contributed by atoms with Gasteiger partial charge in [-0.25, -0.2) is 13.2 Å². The maximum Gasteiger partial charge on any atom is 0.167 e. The van der Waals surface area contributed by atoms with Gasteiger partial charge in [0.05, 0.1) is 0 Å². The molecular weight excluding hydrogens is 225 g/mol. The fourth-order valence-electron chi connectivity index (χ4n) is 1.95. The summed E-state index contributed by atoms with van der Waals surface area (Å²) in [5.41, 5.74) is 0. The third-order valence-electron chi connectivity index (χ3n) is 2.76. The SMILES string of the molecule is Fc1[c]cc2c(ccc3c(F)[c]ccc32)c1F. The summed E-state index contributed by atoms with van der Waals surface area (Å²) in [6, 6.07) is 11.7. The monoisotopic (exact) mass is 230 g/mol. The highest BCUT2D eigenvalue weighted by Crippen LogP contribution is 2.29. The molecule has 0 aliphatic carbocycles. The molecule has 17 heavy (non-hydrogen) atoms. The second kappa shape index (κ2) is 3.48. The highest BCUT2D eigenvalue weighted by molar-refractivity contribution is 6.07. The Kier molecular flexibility index (Phi) is 2.08. The van der Waals surface area contributed by atoms with Crippen LogP contribution < -0.4 is 0 Å². The van der Waals surface area contributed by atoms with E-state index in [-0.39, 0.29) is 5.39 Å². The Hall–Kier alpha value is -2.03. The van der Waals surface area contributed by atoms with E-state index < -0.39 is 17.5 Å². The second-order valence-electron chi connectivity index (χ2n) is 3.70. The van der Waals surface area contributed by atoms with Gasteiger partial charge in [-0.15, -0.1) is 0 Å². The summed E-state index contributed by atoms with van der Waals surface area (Å²) in [5, 5.41) is 1.42. The molecule has 0 bridgehead atoms. The highest BCUT2D eigenvalue weighted by Gasteiger charge is 2.10. The van der Waals surface area contributed by atoms with E-state index in [4.69, 9.17) is 0 Å². The molecule has 0 fully saturated rings. The molecule has 3 aromatic carbocycles.